The number of aldehydes is 1. The van der Waals surface area contributed by atoms with Crippen molar-refractivity contribution in [3.8, 4) is 11.3 Å². The van der Waals surface area contributed by atoms with E-state index in [0.29, 0.717) is 55.2 Å². The third-order valence-corrected chi connectivity index (χ3v) is 6.51. The van der Waals surface area contributed by atoms with Crippen LogP contribution in [0.15, 0.2) is 35.7 Å². The summed E-state index contributed by atoms with van der Waals surface area (Å²) in [7, 11) is 1.64. The maximum Gasteiger partial charge on any atom is 0.173 e. The highest BCUT2D eigenvalue weighted by Gasteiger charge is 2.42. The van der Waals surface area contributed by atoms with Crippen molar-refractivity contribution in [2.24, 2.45) is 4.99 Å². The molecule has 0 amide bonds. The number of aromatic nitrogens is 3. The average Bonchev–Trinajstić information content (AvgIpc) is 3.58. The van der Waals surface area contributed by atoms with E-state index < -0.39 is 11.5 Å². The second-order valence-electron chi connectivity index (χ2n) is 8.88. The summed E-state index contributed by atoms with van der Waals surface area (Å²) in [5.41, 5.74) is 0.801. The highest BCUT2D eigenvalue weighted by molar-refractivity contribution is 5.95. The largest absolute Gasteiger partial charge is 0.374 e. The fourth-order valence-electron chi connectivity index (χ4n) is 4.55. The minimum Gasteiger partial charge on any atom is -0.374 e. The molecule has 0 unspecified atom stereocenters. The van der Waals surface area contributed by atoms with Crippen LogP contribution in [-0.4, -0.2) is 63.2 Å². The van der Waals surface area contributed by atoms with Gasteiger partial charge in [0, 0.05) is 62.5 Å². The second-order valence-corrected chi connectivity index (χ2v) is 8.88. The monoisotopic (exact) mass is 452 g/mol. The molecule has 2 fully saturated rings. The Morgan fingerprint density at radius 3 is 2.70 bits per heavy atom. The number of fused-ring (bicyclic) bond motifs is 1. The number of nitrogens with zero attached hydrogens (tertiary/aromatic N) is 5. The van der Waals surface area contributed by atoms with Crippen molar-refractivity contribution in [2.45, 2.75) is 44.3 Å². The van der Waals surface area contributed by atoms with Crippen LogP contribution in [0.5, 0.6) is 0 Å². The van der Waals surface area contributed by atoms with Crippen molar-refractivity contribution in [1.82, 2.24) is 24.6 Å². The molecule has 1 N–H and O–H groups in total. The molecule has 1 aliphatic carbocycles. The lowest BCUT2D eigenvalue weighted by Gasteiger charge is -2.37. The molecule has 3 aromatic heterocycles. The molecule has 0 aromatic carbocycles. The fourth-order valence-corrected chi connectivity index (χ4v) is 4.55. The van der Waals surface area contributed by atoms with E-state index in [2.05, 4.69) is 25.2 Å². The molecule has 0 spiro atoms. The zero-order valence-electron chi connectivity index (χ0n) is 18.7. The number of carbonyl (C=O) groups excluding carboxylic acids is 1. The summed E-state index contributed by atoms with van der Waals surface area (Å²) in [5, 5.41) is 2.90. The van der Waals surface area contributed by atoms with Crippen molar-refractivity contribution < 1.29 is 13.6 Å². The Balaban J connectivity index is 1.45. The summed E-state index contributed by atoms with van der Waals surface area (Å²) in [5.74, 6) is -0.275. The summed E-state index contributed by atoms with van der Waals surface area (Å²) in [4.78, 5) is 27.2. The number of imidazole rings is 1. The first-order chi connectivity index (χ1) is 15.9. The van der Waals surface area contributed by atoms with Crippen LogP contribution in [0.25, 0.3) is 16.9 Å². The zero-order chi connectivity index (χ0) is 23.2. The fraction of sp³-hybridized carbons (Fsp3) is 0.417. The van der Waals surface area contributed by atoms with Crippen LogP contribution in [0.1, 0.15) is 41.7 Å². The number of hydrogen-bond donors (Lipinski definition) is 1. The first-order valence-electron chi connectivity index (χ1n) is 11.2. The van der Waals surface area contributed by atoms with Crippen LogP contribution in [0, 0.1) is 12.7 Å². The Bertz CT molecular complexity index is 1240. The van der Waals surface area contributed by atoms with Gasteiger partial charge in [0.05, 0.1) is 23.3 Å². The summed E-state index contributed by atoms with van der Waals surface area (Å²) in [6, 6.07) is 3.49. The van der Waals surface area contributed by atoms with E-state index in [9.17, 15) is 9.18 Å². The van der Waals surface area contributed by atoms with Crippen LogP contribution >= 0.6 is 0 Å². The van der Waals surface area contributed by atoms with Crippen LogP contribution < -0.4 is 5.32 Å². The van der Waals surface area contributed by atoms with E-state index in [4.69, 9.17) is 0 Å². The summed E-state index contributed by atoms with van der Waals surface area (Å²) in [6.07, 6.45) is 8.63. The SMILES string of the molecule is CN/C(=N\c1cnc(-c2cc(F)c3nc(C)cn3c2)cc1C=O)C1(F)CCN(C2CC2)CC1. The van der Waals surface area contributed by atoms with Gasteiger partial charge >= 0.3 is 0 Å². The predicted molar refractivity (Wildman–Crippen MR) is 122 cm³/mol. The van der Waals surface area contributed by atoms with Crippen molar-refractivity contribution in [1.29, 1.82) is 0 Å². The molecule has 9 heteroatoms. The number of aryl methyl sites for hydroxylation is 1. The maximum atomic E-state index is 15.8. The molecule has 0 bridgehead atoms. The Hall–Kier alpha value is -3.20. The number of halogens is 2. The zero-order valence-corrected chi connectivity index (χ0v) is 18.7. The van der Waals surface area contributed by atoms with Gasteiger partial charge in [0.25, 0.3) is 0 Å². The van der Waals surface area contributed by atoms with E-state index in [1.165, 1.54) is 25.1 Å². The van der Waals surface area contributed by atoms with Crippen molar-refractivity contribution in [2.75, 3.05) is 20.1 Å². The van der Waals surface area contributed by atoms with Crippen LogP contribution in [-0.2, 0) is 0 Å². The number of piperidine rings is 1. The molecular weight excluding hydrogens is 426 g/mol. The molecule has 5 rings (SSSR count). The normalized spacial score (nSPS) is 19.1. The number of amidine groups is 1. The molecule has 7 nitrogen and oxygen atoms in total. The molecule has 4 heterocycles. The quantitative estimate of drug-likeness (QED) is 0.361. The number of alkyl halides is 1. The second kappa shape index (κ2) is 8.30. The van der Waals surface area contributed by atoms with Crippen molar-refractivity contribution in [3.05, 3.63) is 47.8 Å². The molecule has 1 aliphatic heterocycles. The highest BCUT2D eigenvalue weighted by atomic mass is 19.1. The minimum absolute atomic E-state index is 0.206. The van der Waals surface area contributed by atoms with Gasteiger partial charge in [-0.05, 0) is 31.9 Å². The van der Waals surface area contributed by atoms with Gasteiger partial charge in [-0.3, -0.25) is 9.78 Å². The van der Waals surface area contributed by atoms with Gasteiger partial charge in [-0.15, -0.1) is 0 Å². The average molecular weight is 453 g/mol. The number of rotatable bonds is 5. The van der Waals surface area contributed by atoms with Gasteiger partial charge in [-0.2, -0.15) is 0 Å². The smallest absolute Gasteiger partial charge is 0.173 e. The molecule has 1 saturated heterocycles. The first-order valence-corrected chi connectivity index (χ1v) is 11.2. The number of hydrogen-bond acceptors (Lipinski definition) is 5. The summed E-state index contributed by atoms with van der Waals surface area (Å²) >= 11 is 0. The molecule has 3 aromatic rings. The lowest BCUT2D eigenvalue weighted by Crippen LogP contribution is -2.50. The number of likely N-dealkylation sites (tertiary alicyclic amines) is 1. The summed E-state index contributed by atoms with van der Waals surface area (Å²) in [6.45, 7) is 3.18. The van der Waals surface area contributed by atoms with Gasteiger partial charge in [-0.1, -0.05) is 0 Å². The van der Waals surface area contributed by atoms with Crippen LogP contribution in [0.2, 0.25) is 0 Å². The topological polar surface area (TPSA) is 74.9 Å². The Morgan fingerprint density at radius 1 is 1.27 bits per heavy atom. The third-order valence-electron chi connectivity index (χ3n) is 6.51. The first kappa shape index (κ1) is 21.6. The van der Waals surface area contributed by atoms with Crippen molar-refractivity contribution >= 4 is 23.5 Å². The Kier molecular flexibility index (Phi) is 5.44. The molecule has 0 radical (unpaired) electrons. The van der Waals surface area contributed by atoms with Gasteiger partial charge in [0.1, 0.15) is 5.84 Å². The van der Waals surface area contributed by atoms with E-state index >= 15 is 4.39 Å². The Labute approximate surface area is 190 Å². The van der Waals surface area contributed by atoms with Gasteiger partial charge in [0.15, 0.2) is 23.4 Å². The molecule has 2 aliphatic rings. The van der Waals surface area contributed by atoms with Gasteiger partial charge in [-0.25, -0.2) is 18.8 Å². The lowest BCUT2D eigenvalue weighted by molar-refractivity contribution is 0.104. The van der Waals surface area contributed by atoms with E-state index in [1.807, 2.05) is 0 Å². The van der Waals surface area contributed by atoms with E-state index in [0.717, 1.165) is 0 Å². The molecule has 33 heavy (non-hydrogen) atoms. The van der Waals surface area contributed by atoms with E-state index in [1.54, 1.807) is 36.8 Å². The molecular formula is C24H26F2N6O. The minimum atomic E-state index is -1.58. The van der Waals surface area contributed by atoms with Crippen LogP contribution in [0.4, 0.5) is 14.5 Å². The highest BCUT2D eigenvalue weighted by Crippen LogP contribution is 2.35. The predicted octanol–water partition coefficient (Wildman–Crippen LogP) is 3.87. The van der Waals surface area contributed by atoms with Gasteiger partial charge in [0.2, 0.25) is 0 Å². The molecule has 0 atom stereocenters. The van der Waals surface area contributed by atoms with Crippen molar-refractivity contribution in [3.63, 3.8) is 0 Å². The number of aliphatic imine (C=N–C) groups is 1. The Morgan fingerprint density at radius 2 is 2.03 bits per heavy atom. The standard InChI is InChI=1S/C24H26F2N6O/c1-15-12-32-13-16(9-19(25)22(32)29-15)20-10-17(14-33)21(11-28-20)30-23(27-2)24(26)5-7-31(8-6-24)18-3-4-18/h9-14,18H,3-8H2,1-2H3,(H,27,30). The number of carbonyl (C=O) groups is 1. The van der Waals surface area contributed by atoms with E-state index in [-0.39, 0.29) is 22.7 Å². The third kappa shape index (κ3) is 4.13. The lowest BCUT2D eigenvalue weighted by atomic mass is 9.91. The number of nitrogens with one attached hydrogen (secondary N) is 1. The summed E-state index contributed by atoms with van der Waals surface area (Å²) < 4.78 is 31.9. The maximum absolute atomic E-state index is 15.8. The van der Waals surface area contributed by atoms with Gasteiger partial charge < -0.3 is 14.6 Å². The molecule has 172 valence electrons. The number of pyridine rings is 2. The van der Waals surface area contributed by atoms with Crippen LogP contribution in [0.3, 0.4) is 0 Å². The molecule has 1 saturated carbocycles.